The topological polar surface area (TPSA) is 137 Å². The maximum atomic E-state index is 11.9. The number of alkyl halides is 1. The normalized spacial score (nSPS) is 17.5. The second kappa shape index (κ2) is 10.5. The van der Waals surface area contributed by atoms with Gasteiger partial charge in [-0.3, -0.25) is 21.0 Å². The summed E-state index contributed by atoms with van der Waals surface area (Å²) in [6, 6.07) is 4.46. The lowest BCUT2D eigenvalue weighted by atomic mass is 10.1. The number of amides is 2. The predicted molar refractivity (Wildman–Crippen MR) is 120 cm³/mol. The number of alkyl carbamates (subject to hydrolysis) is 1. The van der Waals surface area contributed by atoms with Gasteiger partial charge in [-0.1, -0.05) is 34.8 Å². The fourth-order valence-corrected chi connectivity index (χ4v) is 3.87. The van der Waals surface area contributed by atoms with Gasteiger partial charge in [0.2, 0.25) is 11.6 Å². The lowest BCUT2D eigenvalue weighted by Gasteiger charge is -2.21. The number of nitrogens with zero attached hydrogens (tertiary/aromatic N) is 3. The first-order valence-electron chi connectivity index (χ1n) is 9.42. The molecule has 10 nitrogen and oxygen atoms in total. The Labute approximate surface area is 198 Å². The van der Waals surface area contributed by atoms with Crippen LogP contribution in [0.1, 0.15) is 26.2 Å². The molecule has 1 atom stereocenters. The molecule has 13 heteroatoms. The van der Waals surface area contributed by atoms with Gasteiger partial charge in [0.05, 0.1) is 22.3 Å². The van der Waals surface area contributed by atoms with Gasteiger partial charge in [-0.2, -0.15) is 10.4 Å². The Hall–Kier alpha value is -3.00. The Balaban J connectivity index is 1.73. The highest BCUT2D eigenvalue weighted by atomic mass is 35.5. The number of nitrogens with one attached hydrogen (secondary N) is 3. The van der Waals surface area contributed by atoms with Crippen LogP contribution < -0.4 is 20.9 Å². The van der Waals surface area contributed by atoms with E-state index in [0.717, 1.165) is 30.4 Å². The van der Waals surface area contributed by atoms with Crippen LogP contribution in [-0.4, -0.2) is 35.7 Å². The molecule has 2 aliphatic rings. The zero-order chi connectivity index (χ0) is 23.3. The van der Waals surface area contributed by atoms with Crippen LogP contribution in [-0.2, 0) is 9.53 Å². The second-order valence-electron chi connectivity index (χ2n) is 6.50. The maximum Gasteiger partial charge on any atom is 0.414 e. The number of anilines is 1. The number of carbonyl (C=O) groups is 2. The van der Waals surface area contributed by atoms with Gasteiger partial charge in [-0.05, 0) is 43.9 Å². The van der Waals surface area contributed by atoms with Crippen LogP contribution in [0.4, 0.5) is 10.5 Å². The van der Waals surface area contributed by atoms with Gasteiger partial charge >= 0.3 is 6.09 Å². The van der Waals surface area contributed by atoms with Crippen molar-refractivity contribution in [3.8, 4) is 11.8 Å². The molecule has 0 saturated carbocycles. The van der Waals surface area contributed by atoms with E-state index in [-0.39, 0.29) is 33.6 Å². The summed E-state index contributed by atoms with van der Waals surface area (Å²) < 4.78 is 10.4. The van der Waals surface area contributed by atoms with Gasteiger partial charge in [0.1, 0.15) is 11.6 Å². The van der Waals surface area contributed by atoms with Gasteiger partial charge in [0.25, 0.3) is 5.91 Å². The largest absolute Gasteiger partial charge is 0.450 e. The number of benzene rings is 1. The Morgan fingerprint density at radius 2 is 2.06 bits per heavy atom. The molecule has 1 aromatic rings. The van der Waals surface area contributed by atoms with Crippen molar-refractivity contribution >= 4 is 64.1 Å². The van der Waals surface area contributed by atoms with Crippen molar-refractivity contribution in [1.29, 1.82) is 5.26 Å². The monoisotopic (exact) mass is 498 g/mol. The highest BCUT2D eigenvalue weighted by molar-refractivity contribution is 6.47. The summed E-state index contributed by atoms with van der Waals surface area (Å²) in [7, 11) is 0. The average Bonchev–Trinajstić information content (AvgIpc) is 3.24. The summed E-state index contributed by atoms with van der Waals surface area (Å²) in [5, 5.41) is 19.1. The summed E-state index contributed by atoms with van der Waals surface area (Å²) in [5.41, 5.74) is 6.54. The standard InChI is InChI=1S/C19H17Cl3N6O4/c1-2-31-19(30)24-17(29)14(8-23)26-25-9-6-12(20)15(13(21)7-9)32-18-11-5-3-4-10(11)16(22)27-28-18/h6-7,16,25,27H,2-5H2,1H3,(H,24,29,30)/b26-14+. The van der Waals surface area contributed by atoms with Crippen LogP contribution in [0.2, 0.25) is 10.0 Å². The quantitative estimate of drug-likeness (QED) is 0.242. The fourth-order valence-electron chi connectivity index (χ4n) is 3.02. The SMILES string of the molecule is CCOC(=O)NC(=O)/C(C#N)=N/Nc1cc(Cl)c(OC2=NNC(Cl)C3=C2CCC3)c(Cl)c1. The highest BCUT2D eigenvalue weighted by Crippen LogP contribution is 2.39. The smallest absolute Gasteiger partial charge is 0.414 e. The molecule has 32 heavy (non-hydrogen) atoms. The maximum absolute atomic E-state index is 11.9. The van der Waals surface area contributed by atoms with Crippen molar-refractivity contribution in [3.05, 3.63) is 33.3 Å². The first-order chi connectivity index (χ1) is 15.3. The van der Waals surface area contributed by atoms with E-state index in [1.165, 1.54) is 12.1 Å². The first-order valence-corrected chi connectivity index (χ1v) is 10.6. The lowest BCUT2D eigenvalue weighted by Crippen LogP contribution is -2.36. The van der Waals surface area contributed by atoms with Crippen molar-refractivity contribution in [2.24, 2.45) is 10.2 Å². The molecule has 3 rings (SSSR count). The van der Waals surface area contributed by atoms with Crippen molar-refractivity contribution in [1.82, 2.24) is 10.7 Å². The number of rotatable bonds is 5. The molecular formula is C19H17Cl3N6O4. The molecule has 0 bridgehead atoms. The fraction of sp³-hybridized carbons (Fsp3) is 0.316. The van der Waals surface area contributed by atoms with Crippen molar-refractivity contribution in [2.75, 3.05) is 12.0 Å². The van der Waals surface area contributed by atoms with Crippen molar-refractivity contribution in [2.45, 2.75) is 31.7 Å². The van der Waals surface area contributed by atoms with Crippen LogP contribution >= 0.6 is 34.8 Å². The van der Waals surface area contributed by atoms with Gasteiger partial charge < -0.3 is 9.47 Å². The Morgan fingerprint density at radius 3 is 2.72 bits per heavy atom. The number of halogens is 3. The predicted octanol–water partition coefficient (Wildman–Crippen LogP) is 3.90. The molecule has 0 fully saturated rings. The Bertz CT molecular complexity index is 1060. The summed E-state index contributed by atoms with van der Waals surface area (Å²) in [6.07, 6.45) is 1.60. The summed E-state index contributed by atoms with van der Waals surface area (Å²) in [4.78, 5) is 23.2. The van der Waals surface area contributed by atoms with E-state index in [2.05, 4.69) is 25.8 Å². The minimum absolute atomic E-state index is 0.0648. The zero-order valence-corrected chi connectivity index (χ0v) is 18.9. The molecule has 168 valence electrons. The van der Waals surface area contributed by atoms with E-state index in [4.69, 9.17) is 44.8 Å². The average molecular weight is 500 g/mol. The van der Waals surface area contributed by atoms with Gasteiger partial charge in [0, 0.05) is 5.57 Å². The van der Waals surface area contributed by atoms with Crippen molar-refractivity contribution in [3.63, 3.8) is 0 Å². The number of hydrogen-bond acceptors (Lipinski definition) is 9. The van der Waals surface area contributed by atoms with Crippen molar-refractivity contribution < 1.29 is 19.1 Å². The molecule has 1 aliphatic heterocycles. The van der Waals surface area contributed by atoms with E-state index in [1.54, 1.807) is 13.0 Å². The highest BCUT2D eigenvalue weighted by Gasteiger charge is 2.30. The summed E-state index contributed by atoms with van der Waals surface area (Å²) in [5.74, 6) is -0.508. The summed E-state index contributed by atoms with van der Waals surface area (Å²) >= 11 is 18.9. The Kier molecular flexibility index (Phi) is 7.80. The molecule has 0 spiro atoms. The molecule has 0 radical (unpaired) electrons. The molecular weight excluding hydrogens is 483 g/mol. The zero-order valence-electron chi connectivity index (χ0n) is 16.7. The first kappa shape index (κ1) is 23.7. The molecule has 3 N–H and O–H groups in total. The van der Waals surface area contributed by atoms with Gasteiger partial charge in [-0.15, -0.1) is 5.10 Å². The number of hydrazone groups is 2. The van der Waals surface area contributed by atoms with E-state index in [9.17, 15) is 9.59 Å². The minimum atomic E-state index is -1.03. The second-order valence-corrected chi connectivity index (χ2v) is 7.75. The van der Waals surface area contributed by atoms with Crippen LogP contribution in [0.15, 0.2) is 33.5 Å². The molecule has 2 amide bonds. The van der Waals surface area contributed by atoms with E-state index in [0.29, 0.717) is 5.90 Å². The molecule has 1 heterocycles. The number of carbonyl (C=O) groups excluding carboxylic acids is 2. The molecule has 0 aromatic heterocycles. The molecule has 1 unspecified atom stereocenters. The van der Waals surface area contributed by atoms with Gasteiger partial charge in [0.15, 0.2) is 5.75 Å². The van der Waals surface area contributed by atoms with E-state index < -0.39 is 17.7 Å². The number of imide groups is 1. The lowest BCUT2D eigenvalue weighted by molar-refractivity contribution is -0.114. The Morgan fingerprint density at radius 1 is 1.34 bits per heavy atom. The molecule has 1 aliphatic carbocycles. The third-order valence-corrected chi connectivity index (χ3v) is 5.33. The number of ether oxygens (including phenoxy) is 2. The van der Waals surface area contributed by atoms with Gasteiger partial charge in [-0.25, -0.2) is 4.79 Å². The van der Waals surface area contributed by atoms with Crippen LogP contribution in [0.5, 0.6) is 5.75 Å². The molecule has 1 aromatic carbocycles. The third kappa shape index (κ3) is 5.43. The number of nitriles is 1. The minimum Gasteiger partial charge on any atom is -0.450 e. The number of hydrogen-bond donors (Lipinski definition) is 3. The van der Waals surface area contributed by atoms with E-state index >= 15 is 0 Å². The third-order valence-electron chi connectivity index (χ3n) is 4.41. The van der Waals surface area contributed by atoms with Crippen LogP contribution in [0.3, 0.4) is 0 Å². The van der Waals surface area contributed by atoms with Crippen LogP contribution in [0.25, 0.3) is 0 Å². The van der Waals surface area contributed by atoms with E-state index in [1.807, 2.05) is 5.32 Å². The summed E-state index contributed by atoms with van der Waals surface area (Å²) in [6.45, 7) is 1.64. The van der Waals surface area contributed by atoms with Crippen LogP contribution in [0, 0.1) is 11.3 Å². The molecule has 0 saturated heterocycles.